The molecule has 3 amide bonds. The molecule has 0 radical (unpaired) electrons. The van der Waals surface area contributed by atoms with Crippen molar-refractivity contribution in [2.45, 2.75) is 12.1 Å². The molecule has 28 heavy (non-hydrogen) atoms. The molecule has 0 atom stereocenters. The number of hydrogen-bond acceptors (Lipinski definition) is 5. The van der Waals surface area contributed by atoms with Crippen LogP contribution in [0.3, 0.4) is 0 Å². The Bertz CT molecular complexity index is 1000. The highest BCUT2D eigenvalue weighted by molar-refractivity contribution is 7.99. The van der Waals surface area contributed by atoms with Gasteiger partial charge in [0.1, 0.15) is 5.82 Å². The van der Waals surface area contributed by atoms with E-state index in [1.165, 1.54) is 13.1 Å². The Labute approximate surface area is 165 Å². The van der Waals surface area contributed by atoms with Crippen molar-refractivity contribution < 1.29 is 14.0 Å². The summed E-state index contributed by atoms with van der Waals surface area (Å²) in [4.78, 5) is 23.2. The highest BCUT2D eigenvalue weighted by atomic mass is 32.2. The maximum atomic E-state index is 14.3. The lowest BCUT2D eigenvalue weighted by Gasteiger charge is -2.11. The number of carbonyl (C=O) groups is 2. The van der Waals surface area contributed by atoms with Gasteiger partial charge in [0.15, 0.2) is 11.0 Å². The molecule has 9 heteroatoms. The summed E-state index contributed by atoms with van der Waals surface area (Å²) in [5.74, 6) is -0.613. The monoisotopic (exact) mass is 399 g/mol. The van der Waals surface area contributed by atoms with E-state index in [2.05, 4.69) is 20.8 Å². The maximum absolute atomic E-state index is 14.3. The third-order valence-electron chi connectivity index (χ3n) is 3.85. The molecule has 0 saturated heterocycles. The Hall–Kier alpha value is -3.20. The molecule has 0 aliphatic carbocycles. The van der Waals surface area contributed by atoms with Gasteiger partial charge in [-0.2, -0.15) is 0 Å². The number of nitrogens with zero attached hydrogens (tertiary/aromatic N) is 3. The van der Waals surface area contributed by atoms with E-state index in [4.69, 9.17) is 0 Å². The van der Waals surface area contributed by atoms with Crippen LogP contribution in [0.5, 0.6) is 0 Å². The van der Waals surface area contributed by atoms with Gasteiger partial charge in [-0.05, 0) is 31.2 Å². The first-order chi connectivity index (χ1) is 13.5. The minimum absolute atomic E-state index is 0.0469. The minimum Gasteiger partial charge on any atom is -0.341 e. The fourth-order valence-electron chi connectivity index (χ4n) is 2.46. The second-order valence-corrected chi connectivity index (χ2v) is 6.82. The quantitative estimate of drug-likeness (QED) is 0.644. The number of aryl methyl sites for hydroxylation is 1. The average molecular weight is 399 g/mol. The molecule has 2 N–H and O–H groups in total. The zero-order chi connectivity index (χ0) is 20.1. The van der Waals surface area contributed by atoms with E-state index in [9.17, 15) is 14.0 Å². The van der Waals surface area contributed by atoms with Crippen molar-refractivity contribution in [1.29, 1.82) is 0 Å². The number of carbonyl (C=O) groups excluding carboxylic acids is 2. The first-order valence-corrected chi connectivity index (χ1v) is 9.40. The van der Waals surface area contributed by atoms with Gasteiger partial charge in [0.2, 0.25) is 5.91 Å². The number of thioether (sulfide) groups is 1. The van der Waals surface area contributed by atoms with Crippen molar-refractivity contribution in [3.8, 4) is 17.1 Å². The number of rotatable bonds is 5. The van der Waals surface area contributed by atoms with Crippen LogP contribution in [-0.4, -0.2) is 39.5 Å². The van der Waals surface area contributed by atoms with Crippen LogP contribution >= 0.6 is 11.8 Å². The number of urea groups is 1. The van der Waals surface area contributed by atoms with Gasteiger partial charge in [-0.15, -0.1) is 10.2 Å². The molecule has 144 valence electrons. The summed E-state index contributed by atoms with van der Waals surface area (Å²) >= 11 is 1.10. The Balaban J connectivity index is 1.96. The van der Waals surface area contributed by atoms with Crippen LogP contribution in [0.1, 0.15) is 5.56 Å². The van der Waals surface area contributed by atoms with Gasteiger partial charge in [-0.3, -0.25) is 14.7 Å². The lowest BCUT2D eigenvalue weighted by molar-refractivity contribution is -0.117. The van der Waals surface area contributed by atoms with Crippen molar-refractivity contribution in [3.05, 3.63) is 59.9 Å². The summed E-state index contributed by atoms with van der Waals surface area (Å²) in [5.41, 5.74) is 2.11. The van der Waals surface area contributed by atoms with Crippen molar-refractivity contribution in [2.24, 2.45) is 0 Å². The van der Waals surface area contributed by atoms with E-state index in [0.29, 0.717) is 16.5 Å². The van der Waals surface area contributed by atoms with E-state index >= 15 is 0 Å². The van der Waals surface area contributed by atoms with Gasteiger partial charge in [-0.25, -0.2) is 9.18 Å². The van der Waals surface area contributed by atoms with E-state index in [0.717, 1.165) is 23.0 Å². The van der Waals surface area contributed by atoms with Crippen LogP contribution in [0.2, 0.25) is 0 Å². The number of imide groups is 1. The van der Waals surface area contributed by atoms with E-state index in [-0.39, 0.29) is 5.75 Å². The topological polar surface area (TPSA) is 88.9 Å². The molecule has 0 aliphatic rings. The largest absolute Gasteiger partial charge is 0.341 e. The number of halogens is 1. The van der Waals surface area contributed by atoms with Crippen molar-refractivity contribution in [3.63, 3.8) is 0 Å². The number of hydrogen-bond donors (Lipinski definition) is 2. The van der Waals surface area contributed by atoms with Gasteiger partial charge < -0.3 is 5.32 Å². The second-order valence-electron chi connectivity index (χ2n) is 5.87. The average Bonchev–Trinajstić information content (AvgIpc) is 3.11. The molecule has 3 rings (SSSR count). The van der Waals surface area contributed by atoms with Gasteiger partial charge in [0.05, 0.1) is 11.3 Å². The van der Waals surface area contributed by atoms with Crippen molar-refractivity contribution in [1.82, 2.24) is 25.4 Å². The van der Waals surface area contributed by atoms with Crippen molar-refractivity contribution in [2.75, 3.05) is 12.8 Å². The van der Waals surface area contributed by atoms with Gasteiger partial charge in [0, 0.05) is 12.7 Å². The molecule has 0 saturated carbocycles. The Morgan fingerprint density at radius 2 is 1.82 bits per heavy atom. The van der Waals surface area contributed by atoms with Crippen molar-refractivity contribution >= 4 is 23.7 Å². The fraction of sp³-hybridized carbons (Fsp3) is 0.158. The van der Waals surface area contributed by atoms with Crippen LogP contribution in [0.25, 0.3) is 17.1 Å². The maximum Gasteiger partial charge on any atom is 0.321 e. The van der Waals surface area contributed by atoms with Gasteiger partial charge >= 0.3 is 6.03 Å². The zero-order valence-electron chi connectivity index (χ0n) is 15.3. The third kappa shape index (κ3) is 4.37. The predicted octanol–water partition coefficient (Wildman–Crippen LogP) is 2.93. The number of aromatic nitrogens is 3. The van der Waals surface area contributed by atoms with Crippen LogP contribution in [-0.2, 0) is 4.79 Å². The molecular formula is C19H18FN5O2S. The first-order valence-electron chi connectivity index (χ1n) is 8.41. The molecule has 0 fully saturated rings. The molecule has 0 bridgehead atoms. The summed E-state index contributed by atoms with van der Waals surface area (Å²) in [6, 6.07) is 13.3. The highest BCUT2D eigenvalue weighted by Gasteiger charge is 2.19. The molecule has 0 aliphatic heterocycles. The highest BCUT2D eigenvalue weighted by Crippen LogP contribution is 2.29. The summed E-state index contributed by atoms with van der Waals surface area (Å²) in [6.45, 7) is 1.96. The SMILES string of the molecule is CNC(=O)NC(=O)CSc1nnc(-c2ccccc2F)n1-c1ccc(C)cc1. The molecule has 7 nitrogen and oxygen atoms in total. The molecule has 1 heterocycles. The van der Waals surface area contributed by atoms with Gasteiger partial charge in [-0.1, -0.05) is 41.6 Å². The summed E-state index contributed by atoms with van der Waals surface area (Å²) in [6.07, 6.45) is 0. The fourth-order valence-corrected chi connectivity index (χ4v) is 3.21. The third-order valence-corrected chi connectivity index (χ3v) is 4.78. The molecule has 1 aromatic heterocycles. The van der Waals surface area contributed by atoms with Gasteiger partial charge in [0.25, 0.3) is 0 Å². The summed E-state index contributed by atoms with van der Waals surface area (Å²) < 4.78 is 16.0. The molecular weight excluding hydrogens is 381 g/mol. The van der Waals surface area contributed by atoms with Crippen LogP contribution in [0.4, 0.5) is 9.18 Å². The van der Waals surface area contributed by atoms with Crippen LogP contribution in [0.15, 0.2) is 53.7 Å². The number of nitrogens with one attached hydrogen (secondary N) is 2. The first kappa shape index (κ1) is 19.6. The Kier molecular flexibility index (Phi) is 6.05. The molecule has 0 unspecified atom stereocenters. The van der Waals surface area contributed by atoms with E-state index < -0.39 is 17.8 Å². The number of amides is 3. The lowest BCUT2D eigenvalue weighted by Crippen LogP contribution is -2.38. The normalized spacial score (nSPS) is 10.5. The van der Waals surface area contributed by atoms with E-state index in [1.807, 2.05) is 31.2 Å². The zero-order valence-corrected chi connectivity index (χ0v) is 16.1. The number of benzene rings is 2. The molecule has 2 aromatic carbocycles. The summed E-state index contributed by atoms with van der Waals surface area (Å²) in [7, 11) is 1.42. The minimum atomic E-state index is -0.586. The Morgan fingerprint density at radius 3 is 2.50 bits per heavy atom. The second kappa shape index (κ2) is 8.66. The predicted molar refractivity (Wildman–Crippen MR) is 105 cm³/mol. The lowest BCUT2D eigenvalue weighted by atomic mass is 10.2. The van der Waals surface area contributed by atoms with Crippen LogP contribution in [0, 0.1) is 12.7 Å². The van der Waals surface area contributed by atoms with Crippen LogP contribution < -0.4 is 10.6 Å². The molecule has 3 aromatic rings. The molecule has 0 spiro atoms. The summed E-state index contributed by atoms with van der Waals surface area (Å²) in [5, 5.41) is 13.2. The standard InChI is InChI=1S/C19H18FN5O2S/c1-12-7-9-13(10-8-12)25-17(14-5-3-4-6-15(14)20)23-24-19(25)28-11-16(26)22-18(27)21-2/h3-10H,11H2,1-2H3,(H2,21,22,26,27). The van der Waals surface area contributed by atoms with E-state index in [1.54, 1.807) is 22.8 Å². The Morgan fingerprint density at radius 1 is 1.11 bits per heavy atom. The smallest absolute Gasteiger partial charge is 0.321 e.